The topological polar surface area (TPSA) is 79.3 Å². The van der Waals surface area contributed by atoms with Gasteiger partial charge in [0.15, 0.2) is 0 Å². The average molecular weight is 307 g/mol. The van der Waals surface area contributed by atoms with E-state index in [1.165, 1.54) is 0 Å². The first-order valence-corrected chi connectivity index (χ1v) is 7.98. The summed E-state index contributed by atoms with van der Waals surface area (Å²) >= 11 is 0. The van der Waals surface area contributed by atoms with Crippen molar-refractivity contribution in [1.82, 2.24) is 25.3 Å². The molecule has 1 atom stereocenters. The van der Waals surface area contributed by atoms with Crippen molar-refractivity contribution in [3.8, 4) is 0 Å². The summed E-state index contributed by atoms with van der Waals surface area (Å²) in [6.07, 6.45) is 5.77. The van der Waals surface area contributed by atoms with Crippen molar-refractivity contribution in [2.45, 2.75) is 45.2 Å². The number of hydrogen-bond acceptors (Lipinski definition) is 3. The summed E-state index contributed by atoms with van der Waals surface area (Å²) < 4.78 is 1.69. The molecule has 7 heteroatoms. The highest BCUT2D eigenvalue weighted by Gasteiger charge is 2.26. The van der Waals surface area contributed by atoms with E-state index in [-0.39, 0.29) is 24.0 Å². The normalized spacial score (nSPS) is 17.1. The average Bonchev–Trinajstić information content (AvgIpc) is 3.03. The number of carbonyl (C=O) groups is 2. The van der Waals surface area contributed by atoms with Gasteiger partial charge in [0.25, 0.3) is 0 Å². The van der Waals surface area contributed by atoms with Gasteiger partial charge in [-0.3, -0.25) is 9.48 Å². The third-order valence-corrected chi connectivity index (χ3v) is 3.99. The smallest absolute Gasteiger partial charge is 0.317 e. The second-order valence-electron chi connectivity index (χ2n) is 5.52. The molecule has 7 nitrogen and oxygen atoms in total. The van der Waals surface area contributed by atoms with Crippen molar-refractivity contribution < 1.29 is 9.59 Å². The first-order valence-electron chi connectivity index (χ1n) is 7.98. The molecule has 22 heavy (non-hydrogen) atoms. The summed E-state index contributed by atoms with van der Waals surface area (Å²) in [7, 11) is 0. The predicted octanol–water partition coefficient (Wildman–Crippen LogP) is 1.14. The van der Waals surface area contributed by atoms with Crippen LogP contribution in [0.3, 0.4) is 0 Å². The fourth-order valence-electron chi connectivity index (χ4n) is 2.74. The molecule has 0 spiro atoms. The zero-order valence-corrected chi connectivity index (χ0v) is 13.3. The van der Waals surface area contributed by atoms with Crippen molar-refractivity contribution in [3.63, 3.8) is 0 Å². The summed E-state index contributed by atoms with van der Waals surface area (Å²) in [6, 6.07) is 1.66. The van der Waals surface area contributed by atoms with Gasteiger partial charge in [0.05, 0.1) is 0 Å². The number of likely N-dealkylation sites (tertiary alicyclic amines) is 1. The molecule has 2 rings (SSSR count). The molecule has 3 amide bonds. The van der Waals surface area contributed by atoms with Crippen molar-refractivity contribution in [2.24, 2.45) is 0 Å². The van der Waals surface area contributed by atoms with Crippen LogP contribution in [0.25, 0.3) is 0 Å². The zero-order valence-electron chi connectivity index (χ0n) is 13.3. The van der Waals surface area contributed by atoms with E-state index in [4.69, 9.17) is 0 Å². The Morgan fingerprint density at radius 1 is 1.32 bits per heavy atom. The number of aromatic nitrogens is 2. The molecule has 0 saturated carbocycles. The minimum absolute atomic E-state index is 0.00246. The Morgan fingerprint density at radius 3 is 2.59 bits per heavy atom. The molecular formula is C15H25N5O2. The van der Waals surface area contributed by atoms with E-state index < -0.39 is 0 Å². The standard InChI is InChI=1S/C15H25N5O2/c1-3-13(20-9-5-8-17-20)14(21)18-12-6-10-19(11-7-12)15(22)16-4-2/h5,8-9,12-13H,3-4,6-7,10-11H2,1-2H3,(H,16,22)(H,18,21). The van der Waals surface area contributed by atoms with Crippen molar-refractivity contribution in [3.05, 3.63) is 18.5 Å². The Bertz CT molecular complexity index is 480. The number of amides is 3. The van der Waals surface area contributed by atoms with Crippen molar-refractivity contribution in [2.75, 3.05) is 19.6 Å². The summed E-state index contributed by atoms with van der Waals surface area (Å²) in [4.78, 5) is 25.9. The Kier molecular flexibility index (Phi) is 5.80. The molecule has 1 aliphatic heterocycles. The number of rotatable bonds is 5. The molecule has 2 heterocycles. The summed E-state index contributed by atoms with van der Waals surface area (Å²) in [5.74, 6) is 0.00246. The molecule has 1 saturated heterocycles. The Hall–Kier alpha value is -2.05. The molecule has 1 unspecified atom stereocenters. The lowest BCUT2D eigenvalue weighted by Gasteiger charge is -2.33. The Labute approximate surface area is 131 Å². The van der Waals surface area contributed by atoms with Crippen LogP contribution < -0.4 is 10.6 Å². The first-order chi connectivity index (χ1) is 10.7. The first kappa shape index (κ1) is 16.3. The SMILES string of the molecule is CCNC(=O)N1CCC(NC(=O)C(CC)n2cccn2)CC1. The number of nitrogens with one attached hydrogen (secondary N) is 2. The van der Waals surface area contributed by atoms with Crippen LogP contribution in [0, 0.1) is 0 Å². The van der Waals surface area contributed by atoms with Gasteiger partial charge in [0, 0.05) is 38.1 Å². The number of hydrogen-bond donors (Lipinski definition) is 2. The van der Waals surface area contributed by atoms with Crippen LogP contribution in [0.15, 0.2) is 18.5 Å². The number of piperidine rings is 1. The van der Waals surface area contributed by atoms with Crippen LogP contribution in [-0.2, 0) is 4.79 Å². The van der Waals surface area contributed by atoms with Crippen LogP contribution >= 0.6 is 0 Å². The van der Waals surface area contributed by atoms with Crippen LogP contribution in [0.1, 0.15) is 39.2 Å². The second kappa shape index (κ2) is 7.82. The van der Waals surface area contributed by atoms with Crippen molar-refractivity contribution in [1.29, 1.82) is 0 Å². The maximum absolute atomic E-state index is 12.4. The lowest BCUT2D eigenvalue weighted by molar-refractivity contribution is -0.125. The highest BCUT2D eigenvalue weighted by Crippen LogP contribution is 2.14. The maximum atomic E-state index is 12.4. The minimum atomic E-state index is -0.267. The second-order valence-corrected chi connectivity index (χ2v) is 5.52. The van der Waals surface area contributed by atoms with E-state index in [9.17, 15) is 9.59 Å². The highest BCUT2D eigenvalue weighted by atomic mass is 16.2. The molecule has 0 aromatic carbocycles. The third kappa shape index (κ3) is 3.99. The summed E-state index contributed by atoms with van der Waals surface area (Å²) in [6.45, 7) is 5.87. The Morgan fingerprint density at radius 2 is 2.05 bits per heavy atom. The molecule has 1 aromatic rings. The van der Waals surface area contributed by atoms with Crippen molar-refractivity contribution >= 4 is 11.9 Å². The van der Waals surface area contributed by atoms with E-state index in [1.54, 1.807) is 15.8 Å². The molecule has 0 bridgehead atoms. The molecule has 122 valence electrons. The number of nitrogens with zero attached hydrogens (tertiary/aromatic N) is 3. The van der Waals surface area contributed by atoms with Gasteiger partial charge in [-0.25, -0.2) is 4.79 Å². The molecule has 0 radical (unpaired) electrons. The molecular weight excluding hydrogens is 282 g/mol. The van der Waals surface area contributed by atoms with Gasteiger partial charge in [0.1, 0.15) is 6.04 Å². The summed E-state index contributed by atoms with van der Waals surface area (Å²) in [5.41, 5.74) is 0. The van der Waals surface area contributed by atoms with Gasteiger partial charge in [-0.05, 0) is 32.3 Å². The van der Waals surface area contributed by atoms with E-state index >= 15 is 0 Å². The molecule has 1 aromatic heterocycles. The van der Waals surface area contributed by atoms with Gasteiger partial charge in [-0.15, -0.1) is 0 Å². The van der Waals surface area contributed by atoms with Crippen LogP contribution in [0.4, 0.5) is 4.79 Å². The van der Waals surface area contributed by atoms with Gasteiger partial charge >= 0.3 is 6.03 Å². The number of urea groups is 1. The maximum Gasteiger partial charge on any atom is 0.317 e. The molecule has 2 N–H and O–H groups in total. The van der Waals surface area contributed by atoms with E-state index in [1.807, 2.05) is 26.1 Å². The van der Waals surface area contributed by atoms with E-state index in [0.29, 0.717) is 26.1 Å². The van der Waals surface area contributed by atoms with E-state index in [2.05, 4.69) is 15.7 Å². The lowest BCUT2D eigenvalue weighted by Crippen LogP contribution is -2.50. The van der Waals surface area contributed by atoms with Crippen LogP contribution in [0.2, 0.25) is 0 Å². The van der Waals surface area contributed by atoms with Gasteiger partial charge < -0.3 is 15.5 Å². The van der Waals surface area contributed by atoms with E-state index in [0.717, 1.165) is 12.8 Å². The number of carbonyl (C=O) groups excluding carboxylic acids is 2. The van der Waals surface area contributed by atoms with Gasteiger partial charge in [-0.2, -0.15) is 5.10 Å². The third-order valence-electron chi connectivity index (χ3n) is 3.99. The monoisotopic (exact) mass is 307 g/mol. The quantitative estimate of drug-likeness (QED) is 0.856. The van der Waals surface area contributed by atoms with Crippen LogP contribution in [0.5, 0.6) is 0 Å². The molecule has 1 aliphatic rings. The molecule has 1 fully saturated rings. The highest BCUT2D eigenvalue weighted by molar-refractivity contribution is 5.80. The Balaban J connectivity index is 1.82. The summed E-state index contributed by atoms with van der Waals surface area (Å²) in [5, 5.41) is 10.0. The van der Waals surface area contributed by atoms with Gasteiger partial charge in [-0.1, -0.05) is 6.92 Å². The fourth-order valence-corrected chi connectivity index (χ4v) is 2.74. The largest absolute Gasteiger partial charge is 0.351 e. The van der Waals surface area contributed by atoms with Crippen LogP contribution in [-0.4, -0.2) is 52.3 Å². The fraction of sp³-hybridized carbons (Fsp3) is 0.667. The lowest BCUT2D eigenvalue weighted by atomic mass is 10.0. The minimum Gasteiger partial charge on any atom is -0.351 e. The zero-order chi connectivity index (χ0) is 15.9. The predicted molar refractivity (Wildman–Crippen MR) is 83.4 cm³/mol. The molecule has 0 aliphatic carbocycles. The van der Waals surface area contributed by atoms with Gasteiger partial charge in [0.2, 0.25) is 5.91 Å².